The van der Waals surface area contributed by atoms with Gasteiger partial charge in [-0.25, -0.2) is 4.79 Å². The smallest absolute Gasteiger partial charge is 0.332 e. The molecular weight excluding hydrogens is 828 g/mol. The Kier molecular flexibility index (Phi) is 19.4. The Labute approximate surface area is 367 Å². The summed E-state index contributed by atoms with van der Waals surface area (Å²) in [5.41, 5.74) is 1.13. The Morgan fingerprint density at radius 1 is 0.889 bits per heavy atom. The van der Waals surface area contributed by atoms with Crippen molar-refractivity contribution in [2.45, 2.75) is 171 Å². The lowest BCUT2D eigenvalue weighted by Gasteiger charge is -2.49. The standard InChI is InChI=1S/C43H68N4O16/c1-4-26-17-27(39(55)45-12-13-46-40(56)28-15-25(11-8-14-48)19-44-20-28)18-29(37(26)63-43-36(54)35(53)33(51)22(2)59-43)61-42-32(47-23(3)50)38(34(52)31(21-49)62-42)60-30(41(57)58)16-24-9-6-5-7-10-24/h15,19-20,22,24,26-27,29-38,42-43,48-49,51-54H,4-14,16-18,21H2,1-3H3,(H,45,55)(H,46,56)(H,47,50)(H,57,58)/t22?,26?,27?,29-,30+,31?,32?,33-,34+,35?,36?,37?,38?,42-,43+/m1/s1. The quantitative estimate of drug-likeness (QED) is 0.0723. The topological polar surface area (TPSA) is 305 Å². The number of ether oxygens (including phenoxy) is 5. The van der Waals surface area contributed by atoms with Gasteiger partial charge in [-0.2, -0.15) is 0 Å². The van der Waals surface area contributed by atoms with Gasteiger partial charge in [-0.1, -0.05) is 45.4 Å². The van der Waals surface area contributed by atoms with E-state index in [0.717, 1.165) is 37.7 Å². The van der Waals surface area contributed by atoms with Gasteiger partial charge in [-0.3, -0.25) is 19.4 Å². The van der Waals surface area contributed by atoms with Crippen molar-refractivity contribution in [3.05, 3.63) is 29.6 Å². The third-order valence-electron chi connectivity index (χ3n) is 12.7. The third kappa shape index (κ3) is 13.6. The molecule has 0 bridgehead atoms. The molecule has 9 unspecified atom stereocenters. The lowest BCUT2D eigenvalue weighted by Crippen LogP contribution is -2.67. The van der Waals surface area contributed by atoms with Gasteiger partial charge >= 0.3 is 5.97 Å². The number of nitrogens with one attached hydrogen (secondary N) is 3. The Bertz CT molecular complexity index is 1640. The van der Waals surface area contributed by atoms with Gasteiger partial charge in [0.15, 0.2) is 18.7 Å². The molecule has 2 saturated heterocycles. The van der Waals surface area contributed by atoms with Crippen LogP contribution in [0.1, 0.15) is 101 Å². The van der Waals surface area contributed by atoms with Crippen molar-refractivity contribution in [3.63, 3.8) is 0 Å². The maximum absolute atomic E-state index is 13.9. The highest BCUT2D eigenvalue weighted by Gasteiger charge is 2.53. The van der Waals surface area contributed by atoms with E-state index in [1.807, 2.05) is 6.92 Å². The molecule has 10 N–H and O–H groups in total. The fraction of sp³-hybridized carbons (Fsp3) is 0.791. The first-order valence-electron chi connectivity index (χ1n) is 22.4. The normalized spacial score (nSPS) is 34.4. The Hall–Kier alpha value is -3.41. The number of carbonyl (C=O) groups excluding carboxylic acids is 3. The number of carboxylic acids is 1. The van der Waals surface area contributed by atoms with Crippen molar-refractivity contribution in [2.24, 2.45) is 17.8 Å². The summed E-state index contributed by atoms with van der Waals surface area (Å²) < 4.78 is 31.1. The van der Waals surface area contributed by atoms with Crippen molar-refractivity contribution < 1.29 is 78.6 Å². The van der Waals surface area contributed by atoms with E-state index in [9.17, 15) is 49.8 Å². The van der Waals surface area contributed by atoms with E-state index in [1.54, 1.807) is 12.3 Å². The average Bonchev–Trinajstić information content (AvgIpc) is 3.27. The van der Waals surface area contributed by atoms with Crippen LogP contribution in [-0.2, 0) is 44.5 Å². The zero-order valence-corrected chi connectivity index (χ0v) is 36.3. The van der Waals surface area contributed by atoms with Crippen LogP contribution in [0.4, 0.5) is 0 Å². The number of nitrogens with zero attached hydrogens (tertiary/aromatic N) is 1. The molecule has 1 aromatic heterocycles. The molecule has 15 atom stereocenters. The van der Waals surface area contributed by atoms with Crippen LogP contribution in [0, 0.1) is 17.8 Å². The van der Waals surface area contributed by atoms with Gasteiger partial charge in [0, 0.05) is 44.9 Å². The highest BCUT2D eigenvalue weighted by molar-refractivity contribution is 5.94. The van der Waals surface area contributed by atoms with Crippen molar-refractivity contribution >= 4 is 23.7 Å². The van der Waals surface area contributed by atoms with Gasteiger partial charge in [0.25, 0.3) is 5.91 Å². The van der Waals surface area contributed by atoms with Crippen molar-refractivity contribution in [1.82, 2.24) is 20.9 Å². The zero-order chi connectivity index (χ0) is 45.8. The highest BCUT2D eigenvalue weighted by atomic mass is 16.7. The van der Waals surface area contributed by atoms with Gasteiger partial charge in [0.1, 0.15) is 42.7 Å². The second kappa shape index (κ2) is 24.2. The Morgan fingerprint density at radius 2 is 1.62 bits per heavy atom. The molecule has 2 aliphatic heterocycles. The van der Waals surface area contributed by atoms with Crippen LogP contribution in [0.25, 0.3) is 0 Å². The molecule has 20 nitrogen and oxygen atoms in total. The number of aryl methyl sites for hydroxylation is 1. The fourth-order valence-electron chi connectivity index (χ4n) is 9.22. The first-order chi connectivity index (χ1) is 30.1. The minimum Gasteiger partial charge on any atom is -0.479 e. The molecule has 1 aromatic rings. The average molecular weight is 897 g/mol. The number of aliphatic hydroxyl groups is 6. The third-order valence-corrected chi connectivity index (χ3v) is 12.7. The molecule has 3 amide bonds. The monoisotopic (exact) mass is 896 g/mol. The van der Waals surface area contributed by atoms with E-state index in [2.05, 4.69) is 20.9 Å². The lowest BCUT2D eigenvalue weighted by molar-refractivity contribution is -0.338. The van der Waals surface area contributed by atoms with Crippen molar-refractivity contribution in [3.8, 4) is 0 Å². The summed E-state index contributed by atoms with van der Waals surface area (Å²) in [6, 6.07) is 0.362. The molecule has 63 heavy (non-hydrogen) atoms. The summed E-state index contributed by atoms with van der Waals surface area (Å²) in [6.07, 6.45) is -6.84. The molecule has 0 aromatic carbocycles. The number of carboxylic acid groups (broad SMARTS) is 1. The predicted molar refractivity (Wildman–Crippen MR) is 220 cm³/mol. The lowest BCUT2D eigenvalue weighted by atomic mass is 9.75. The van der Waals surface area contributed by atoms with Crippen molar-refractivity contribution in [2.75, 3.05) is 26.3 Å². The summed E-state index contributed by atoms with van der Waals surface area (Å²) >= 11 is 0. The Balaban J connectivity index is 1.37. The summed E-state index contributed by atoms with van der Waals surface area (Å²) in [7, 11) is 0. The summed E-state index contributed by atoms with van der Waals surface area (Å²) in [5.74, 6) is -3.71. The van der Waals surface area contributed by atoms with Crippen LogP contribution in [0.3, 0.4) is 0 Å². The van der Waals surface area contributed by atoms with Crippen LogP contribution in [0.5, 0.6) is 0 Å². The van der Waals surface area contributed by atoms with Gasteiger partial charge in [0.05, 0.1) is 30.5 Å². The number of aliphatic hydroxyl groups excluding tert-OH is 6. The first-order valence-corrected chi connectivity index (χ1v) is 22.4. The minimum absolute atomic E-state index is 0.00807. The molecule has 0 radical (unpaired) electrons. The predicted octanol–water partition coefficient (Wildman–Crippen LogP) is -0.722. The summed E-state index contributed by atoms with van der Waals surface area (Å²) in [5, 5.41) is 81.6. The van der Waals surface area contributed by atoms with E-state index in [1.165, 1.54) is 20.0 Å². The Morgan fingerprint density at radius 3 is 2.29 bits per heavy atom. The van der Waals surface area contributed by atoms with Crippen LogP contribution in [-0.4, -0.2) is 170 Å². The van der Waals surface area contributed by atoms with Gasteiger partial charge in [-0.15, -0.1) is 0 Å². The summed E-state index contributed by atoms with van der Waals surface area (Å²) in [6.45, 7) is 4.01. The second-order valence-corrected chi connectivity index (χ2v) is 17.4. The number of aliphatic carboxylic acids is 1. The molecule has 356 valence electrons. The fourth-order valence-corrected chi connectivity index (χ4v) is 9.22. The number of aromatic nitrogens is 1. The molecule has 4 fully saturated rings. The summed E-state index contributed by atoms with van der Waals surface area (Å²) in [4.78, 5) is 56.2. The SMILES string of the molecule is CCC1CC(C(=O)NCCNC(=O)c2cncc(CCCO)c2)C[C@@H](O[C@@H]2OC(CO)[C@H](O)C(O[C@@H](CC3CCCCC3)C(=O)O)C2NC(C)=O)C1O[C@@H]1OC(C)[C@@H](O)C(O)C1O. The number of rotatable bonds is 20. The van der Waals surface area contributed by atoms with Gasteiger partial charge in [-0.05, 0) is 62.5 Å². The number of hydrogen-bond acceptors (Lipinski definition) is 16. The molecule has 0 spiro atoms. The van der Waals surface area contributed by atoms with Crippen LogP contribution in [0.2, 0.25) is 0 Å². The number of pyridine rings is 1. The number of amides is 3. The number of hydrogen-bond donors (Lipinski definition) is 10. The zero-order valence-electron chi connectivity index (χ0n) is 36.3. The maximum atomic E-state index is 13.9. The first kappa shape index (κ1) is 50.6. The van der Waals surface area contributed by atoms with Crippen LogP contribution >= 0.6 is 0 Å². The molecule has 5 rings (SSSR count). The minimum atomic E-state index is -1.67. The van der Waals surface area contributed by atoms with Crippen LogP contribution in [0.15, 0.2) is 18.5 Å². The molecule has 2 aliphatic carbocycles. The second-order valence-electron chi connectivity index (χ2n) is 17.4. The highest BCUT2D eigenvalue weighted by Crippen LogP contribution is 2.40. The van der Waals surface area contributed by atoms with Gasteiger partial charge < -0.3 is 75.4 Å². The van der Waals surface area contributed by atoms with Crippen molar-refractivity contribution in [1.29, 1.82) is 0 Å². The molecule has 3 heterocycles. The molecule has 4 aliphatic rings. The molecule has 20 heteroatoms. The maximum Gasteiger partial charge on any atom is 0.332 e. The van der Waals surface area contributed by atoms with E-state index in [0.29, 0.717) is 24.8 Å². The van der Waals surface area contributed by atoms with E-state index in [4.69, 9.17) is 28.8 Å². The molecular formula is C43H68N4O16. The number of carbonyl (C=O) groups is 4. The van der Waals surface area contributed by atoms with E-state index >= 15 is 0 Å². The largest absolute Gasteiger partial charge is 0.479 e. The van der Waals surface area contributed by atoms with E-state index < -0.39 is 116 Å². The van der Waals surface area contributed by atoms with E-state index in [-0.39, 0.29) is 50.8 Å². The molecule has 2 saturated carbocycles. The van der Waals surface area contributed by atoms with Gasteiger partial charge in [0.2, 0.25) is 11.8 Å². The van der Waals surface area contributed by atoms with Crippen LogP contribution < -0.4 is 16.0 Å².